The van der Waals surface area contributed by atoms with E-state index in [4.69, 9.17) is 5.73 Å². The summed E-state index contributed by atoms with van der Waals surface area (Å²) < 4.78 is 0. The Labute approximate surface area is 65.2 Å². The van der Waals surface area contributed by atoms with Gasteiger partial charge in [0, 0.05) is 18.1 Å². The summed E-state index contributed by atoms with van der Waals surface area (Å²) in [7, 11) is 0. The maximum Gasteiger partial charge on any atom is 0.132 e. The molecule has 0 bridgehead atoms. The fourth-order valence-electron chi connectivity index (χ4n) is 1.10. The van der Waals surface area contributed by atoms with Gasteiger partial charge in [0.15, 0.2) is 0 Å². The Balaban J connectivity index is 2.33. The monoisotopic (exact) mass is 147 g/mol. The molecule has 56 valence electrons. The average molecular weight is 147 g/mol. The van der Waals surface area contributed by atoms with Gasteiger partial charge in [0.1, 0.15) is 5.84 Å². The zero-order valence-corrected chi connectivity index (χ0v) is 6.07. The second-order valence-electron chi connectivity index (χ2n) is 2.52. The van der Waals surface area contributed by atoms with Gasteiger partial charge in [-0.15, -0.1) is 0 Å². The molecule has 3 heteroatoms. The van der Waals surface area contributed by atoms with Crippen LogP contribution in [-0.2, 0) is 0 Å². The van der Waals surface area contributed by atoms with Crippen molar-refractivity contribution in [2.75, 3.05) is 6.54 Å². The molecule has 2 aliphatic rings. The SMILES string of the molecule is NC1=CN=C2C=CC=CN2C1. The quantitative estimate of drug-likeness (QED) is 0.544. The Morgan fingerprint density at radius 1 is 1.45 bits per heavy atom. The number of nitrogens with zero attached hydrogens (tertiary/aromatic N) is 2. The van der Waals surface area contributed by atoms with Gasteiger partial charge in [-0.2, -0.15) is 0 Å². The Morgan fingerprint density at radius 3 is 3.27 bits per heavy atom. The zero-order valence-electron chi connectivity index (χ0n) is 6.07. The number of hydrogen-bond acceptors (Lipinski definition) is 3. The molecule has 0 spiro atoms. The van der Waals surface area contributed by atoms with E-state index in [2.05, 4.69) is 4.99 Å². The van der Waals surface area contributed by atoms with E-state index >= 15 is 0 Å². The van der Waals surface area contributed by atoms with E-state index in [-0.39, 0.29) is 0 Å². The summed E-state index contributed by atoms with van der Waals surface area (Å²) in [5.74, 6) is 0.960. The molecule has 0 aromatic carbocycles. The molecule has 0 amide bonds. The standard InChI is InChI=1S/C8H9N3/c9-7-5-10-8-3-1-2-4-11(8)6-7/h1-5H,6,9H2. The number of allylic oxidation sites excluding steroid dienone is 2. The molecule has 0 aromatic rings. The van der Waals surface area contributed by atoms with Gasteiger partial charge in [0.05, 0.1) is 6.54 Å². The summed E-state index contributed by atoms with van der Waals surface area (Å²) in [5, 5.41) is 0. The maximum atomic E-state index is 5.60. The molecule has 0 saturated heterocycles. The van der Waals surface area contributed by atoms with Gasteiger partial charge in [-0.05, 0) is 12.2 Å². The maximum absolute atomic E-state index is 5.60. The third-order valence-corrected chi connectivity index (χ3v) is 1.63. The molecule has 2 N–H and O–H groups in total. The Hall–Kier alpha value is -1.51. The number of aliphatic imine (C=N–C) groups is 1. The van der Waals surface area contributed by atoms with E-state index in [1.807, 2.05) is 29.3 Å². The van der Waals surface area contributed by atoms with Gasteiger partial charge in [-0.25, -0.2) is 4.99 Å². The minimum Gasteiger partial charge on any atom is -0.399 e. The lowest BCUT2D eigenvalue weighted by molar-refractivity contribution is 0.590. The van der Waals surface area contributed by atoms with E-state index < -0.39 is 0 Å². The molecule has 11 heavy (non-hydrogen) atoms. The molecule has 0 atom stereocenters. The first kappa shape index (κ1) is 6.22. The van der Waals surface area contributed by atoms with Crippen LogP contribution in [0.2, 0.25) is 0 Å². The number of amidine groups is 1. The predicted octanol–water partition coefficient (Wildman–Crippen LogP) is 0.584. The molecule has 0 aromatic heterocycles. The molecule has 0 saturated carbocycles. The van der Waals surface area contributed by atoms with Crippen molar-refractivity contribution in [3.8, 4) is 0 Å². The molecule has 0 unspecified atom stereocenters. The highest BCUT2D eigenvalue weighted by atomic mass is 15.2. The minimum absolute atomic E-state index is 0.750. The van der Waals surface area contributed by atoms with Crippen molar-refractivity contribution < 1.29 is 0 Å². The highest BCUT2D eigenvalue weighted by Gasteiger charge is 2.11. The van der Waals surface area contributed by atoms with Crippen LogP contribution in [0.25, 0.3) is 0 Å². The molecule has 0 aliphatic carbocycles. The molecule has 3 nitrogen and oxygen atoms in total. The van der Waals surface area contributed by atoms with E-state index in [1.165, 1.54) is 0 Å². The average Bonchev–Trinajstić information content (AvgIpc) is 2.04. The summed E-state index contributed by atoms with van der Waals surface area (Å²) in [6.07, 6.45) is 9.57. The normalized spacial score (nSPS) is 20.9. The molecular formula is C8H9N3. The van der Waals surface area contributed by atoms with Crippen LogP contribution in [-0.4, -0.2) is 17.3 Å². The molecule has 2 aliphatic heterocycles. The fourth-order valence-corrected chi connectivity index (χ4v) is 1.10. The van der Waals surface area contributed by atoms with Gasteiger partial charge >= 0.3 is 0 Å². The van der Waals surface area contributed by atoms with E-state index in [0.29, 0.717) is 0 Å². The molecule has 2 heterocycles. The van der Waals surface area contributed by atoms with Crippen LogP contribution in [0.3, 0.4) is 0 Å². The molecule has 0 radical (unpaired) electrons. The lowest BCUT2D eigenvalue weighted by Gasteiger charge is -2.24. The van der Waals surface area contributed by atoms with Crippen molar-refractivity contribution in [1.82, 2.24) is 4.90 Å². The van der Waals surface area contributed by atoms with Crippen LogP contribution < -0.4 is 5.73 Å². The zero-order chi connectivity index (χ0) is 7.68. The number of rotatable bonds is 0. The number of nitrogens with two attached hydrogens (primary N) is 1. The lowest BCUT2D eigenvalue weighted by atomic mass is 10.3. The van der Waals surface area contributed by atoms with Gasteiger partial charge in [0.25, 0.3) is 0 Å². The first-order valence-electron chi connectivity index (χ1n) is 3.50. The molecule has 0 fully saturated rings. The van der Waals surface area contributed by atoms with Crippen LogP contribution in [0, 0.1) is 0 Å². The van der Waals surface area contributed by atoms with Crippen LogP contribution in [0.4, 0.5) is 0 Å². The molecular weight excluding hydrogens is 138 g/mol. The van der Waals surface area contributed by atoms with Gasteiger partial charge in [0.2, 0.25) is 0 Å². The summed E-state index contributed by atoms with van der Waals surface area (Å²) in [6, 6.07) is 0. The van der Waals surface area contributed by atoms with E-state index in [0.717, 1.165) is 18.1 Å². The highest BCUT2D eigenvalue weighted by molar-refractivity contribution is 5.96. The number of fused-ring (bicyclic) bond motifs is 1. The second kappa shape index (κ2) is 2.27. The first-order chi connectivity index (χ1) is 5.36. The Bertz CT molecular complexity index is 284. The Morgan fingerprint density at radius 2 is 2.36 bits per heavy atom. The first-order valence-corrected chi connectivity index (χ1v) is 3.50. The summed E-state index contributed by atoms with van der Waals surface area (Å²) >= 11 is 0. The van der Waals surface area contributed by atoms with Crippen molar-refractivity contribution in [2.45, 2.75) is 0 Å². The second-order valence-corrected chi connectivity index (χ2v) is 2.52. The van der Waals surface area contributed by atoms with Crippen LogP contribution in [0.5, 0.6) is 0 Å². The fraction of sp³-hybridized carbons (Fsp3) is 0.125. The topological polar surface area (TPSA) is 41.6 Å². The van der Waals surface area contributed by atoms with Crippen LogP contribution in [0.1, 0.15) is 0 Å². The van der Waals surface area contributed by atoms with Gasteiger partial charge in [-0.3, -0.25) is 0 Å². The van der Waals surface area contributed by atoms with Crippen molar-refractivity contribution in [3.05, 3.63) is 36.3 Å². The van der Waals surface area contributed by atoms with Crippen molar-refractivity contribution >= 4 is 5.84 Å². The third kappa shape index (κ3) is 1.05. The van der Waals surface area contributed by atoms with Gasteiger partial charge in [-0.1, -0.05) is 6.08 Å². The van der Waals surface area contributed by atoms with E-state index in [1.54, 1.807) is 6.20 Å². The van der Waals surface area contributed by atoms with Crippen molar-refractivity contribution in [3.63, 3.8) is 0 Å². The summed E-state index contributed by atoms with van der Waals surface area (Å²) in [4.78, 5) is 6.16. The van der Waals surface area contributed by atoms with Crippen molar-refractivity contribution in [1.29, 1.82) is 0 Å². The van der Waals surface area contributed by atoms with Gasteiger partial charge < -0.3 is 10.6 Å². The smallest absolute Gasteiger partial charge is 0.132 e. The third-order valence-electron chi connectivity index (χ3n) is 1.63. The minimum atomic E-state index is 0.750. The number of hydrogen-bond donors (Lipinski definition) is 1. The van der Waals surface area contributed by atoms with Crippen LogP contribution >= 0.6 is 0 Å². The highest BCUT2D eigenvalue weighted by Crippen LogP contribution is 2.08. The molecule has 2 rings (SSSR count). The van der Waals surface area contributed by atoms with Crippen molar-refractivity contribution in [2.24, 2.45) is 10.7 Å². The largest absolute Gasteiger partial charge is 0.399 e. The van der Waals surface area contributed by atoms with E-state index in [9.17, 15) is 0 Å². The van der Waals surface area contributed by atoms with Crippen LogP contribution in [0.15, 0.2) is 41.3 Å². The summed E-state index contributed by atoms with van der Waals surface area (Å²) in [5.41, 5.74) is 6.40. The summed E-state index contributed by atoms with van der Waals surface area (Å²) in [6.45, 7) is 0.750. The lowest BCUT2D eigenvalue weighted by Crippen LogP contribution is -2.32. The Kier molecular flexibility index (Phi) is 1.28. The predicted molar refractivity (Wildman–Crippen MR) is 44.7 cm³/mol.